The number of hydrogen-bond donors (Lipinski definition) is 2. The smallest absolute Gasteiger partial charge is 0.148 e. The highest BCUT2D eigenvalue weighted by Gasteiger charge is 2.19. The summed E-state index contributed by atoms with van der Waals surface area (Å²) < 4.78 is 14.7. The van der Waals surface area contributed by atoms with Crippen LogP contribution in [0.2, 0.25) is 5.02 Å². The van der Waals surface area contributed by atoms with Crippen molar-refractivity contribution in [3.63, 3.8) is 0 Å². The van der Waals surface area contributed by atoms with E-state index in [0.717, 1.165) is 5.56 Å². The molecule has 0 bridgehead atoms. The first-order chi connectivity index (χ1) is 8.65. The first-order valence-electron chi connectivity index (χ1n) is 5.29. The highest BCUT2D eigenvalue weighted by molar-refractivity contribution is 9.10. The van der Waals surface area contributed by atoms with Gasteiger partial charge in [-0.2, -0.15) is 0 Å². The Hall–Kier alpha value is -0.940. The Bertz CT molecular complexity index is 548. The Kier molecular flexibility index (Phi) is 4.35. The second-order valence-electron chi connectivity index (χ2n) is 3.77. The van der Waals surface area contributed by atoms with Crippen molar-refractivity contribution in [1.82, 2.24) is 5.43 Å². The molecule has 3 N–H and O–H groups in total. The van der Waals surface area contributed by atoms with E-state index in [1.54, 1.807) is 12.1 Å². The van der Waals surface area contributed by atoms with E-state index < -0.39 is 11.9 Å². The molecule has 0 aliphatic carbocycles. The molecule has 0 radical (unpaired) electrons. The first-order valence-corrected chi connectivity index (χ1v) is 6.46. The van der Waals surface area contributed by atoms with Gasteiger partial charge in [-0.15, -0.1) is 0 Å². The molecule has 2 aromatic rings. The lowest BCUT2D eigenvalue weighted by Crippen LogP contribution is -2.29. The van der Waals surface area contributed by atoms with Crippen molar-refractivity contribution in [2.75, 3.05) is 0 Å². The van der Waals surface area contributed by atoms with Gasteiger partial charge >= 0.3 is 0 Å². The third-order valence-corrected chi connectivity index (χ3v) is 3.93. The van der Waals surface area contributed by atoms with Gasteiger partial charge in [0.25, 0.3) is 0 Å². The van der Waals surface area contributed by atoms with Crippen molar-refractivity contribution in [2.24, 2.45) is 5.84 Å². The van der Waals surface area contributed by atoms with Crippen LogP contribution in [0.4, 0.5) is 4.39 Å². The molecular formula is C13H11BrClFN2. The predicted molar refractivity (Wildman–Crippen MR) is 74.7 cm³/mol. The second kappa shape index (κ2) is 5.80. The molecular weight excluding hydrogens is 319 g/mol. The molecule has 0 saturated heterocycles. The highest BCUT2D eigenvalue weighted by Crippen LogP contribution is 2.32. The Labute approximate surface area is 118 Å². The van der Waals surface area contributed by atoms with E-state index >= 15 is 0 Å². The molecule has 0 saturated carbocycles. The van der Waals surface area contributed by atoms with Gasteiger partial charge in [-0.3, -0.25) is 5.84 Å². The van der Waals surface area contributed by atoms with Gasteiger partial charge < -0.3 is 0 Å². The van der Waals surface area contributed by atoms with Crippen LogP contribution >= 0.6 is 27.5 Å². The summed E-state index contributed by atoms with van der Waals surface area (Å²) in [5, 5.41) is 0.0590. The zero-order valence-corrected chi connectivity index (χ0v) is 11.7. The van der Waals surface area contributed by atoms with Crippen molar-refractivity contribution in [1.29, 1.82) is 0 Å². The molecule has 0 amide bonds. The maximum Gasteiger partial charge on any atom is 0.148 e. The normalized spacial score (nSPS) is 12.4. The standard InChI is InChI=1S/C13H11BrClFN2/c14-10-7-6-9(12(16)11(10)15)13(18-17)8-4-2-1-3-5-8/h1-7,13,18H,17H2. The summed E-state index contributed by atoms with van der Waals surface area (Å²) >= 11 is 9.06. The average Bonchev–Trinajstić information content (AvgIpc) is 2.41. The van der Waals surface area contributed by atoms with E-state index in [4.69, 9.17) is 17.4 Å². The van der Waals surface area contributed by atoms with Crippen molar-refractivity contribution < 1.29 is 4.39 Å². The van der Waals surface area contributed by atoms with E-state index in [9.17, 15) is 4.39 Å². The average molecular weight is 330 g/mol. The van der Waals surface area contributed by atoms with Gasteiger partial charge in [0.2, 0.25) is 0 Å². The summed E-state index contributed by atoms with van der Waals surface area (Å²) in [6.45, 7) is 0. The van der Waals surface area contributed by atoms with Crippen molar-refractivity contribution in [3.8, 4) is 0 Å². The van der Waals surface area contributed by atoms with E-state index in [-0.39, 0.29) is 5.02 Å². The molecule has 5 heteroatoms. The minimum atomic E-state index is -0.474. The zero-order valence-electron chi connectivity index (χ0n) is 9.33. The Morgan fingerprint density at radius 3 is 2.44 bits per heavy atom. The van der Waals surface area contributed by atoms with Gasteiger partial charge in [-0.1, -0.05) is 48.0 Å². The molecule has 1 unspecified atom stereocenters. The third kappa shape index (κ3) is 2.57. The molecule has 0 aromatic heterocycles. The molecule has 2 aromatic carbocycles. The van der Waals surface area contributed by atoms with Crippen molar-refractivity contribution >= 4 is 27.5 Å². The van der Waals surface area contributed by atoms with Gasteiger partial charge in [0.1, 0.15) is 5.82 Å². The van der Waals surface area contributed by atoms with Crippen LogP contribution in [0.15, 0.2) is 46.9 Å². The molecule has 0 spiro atoms. The number of rotatable bonds is 3. The third-order valence-electron chi connectivity index (χ3n) is 2.68. The van der Waals surface area contributed by atoms with Crippen molar-refractivity contribution in [2.45, 2.75) is 6.04 Å². The minimum absolute atomic E-state index is 0.0590. The lowest BCUT2D eigenvalue weighted by molar-refractivity contribution is 0.560. The molecule has 0 aliphatic rings. The number of hydrazine groups is 1. The first kappa shape index (κ1) is 13.5. The number of nitrogens with two attached hydrogens (primary N) is 1. The van der Waals surface area contributed by atoms with E-state index in [2.05, 4.69) is 21.4 Å². The fourth-order valence-electron chi connectivity index (χ4n) is 1.77. The van der Waals surface area contributed by atoms with E-state index in [0.29, 0.717) is 10.0 Å². The topological polar surface area (TPSA) is 38.0 Å². The fraction of sp³-hybridized carbons (Fsp3) is 0.0769. The molecule has 1 atom stereocenters. The maximum atomic E-state index is 14.1. The summed E-state index contributed by atoms with van der Waals surface area (Å²) in [5.74, 6) is 5.05. The minimum Gasteiger partial charge on any atom is -0.271 e. The molecule has 0 heterocycles. The predicted octanol–water partition coefficient (Wildman–Crippen LogP) is 3.79. The molecule has 2 rings (SSSR count). The molecule has 2 nitrogen and oxygen atoms in total. The highest BCUT2D eigenvalue weighted by atomic mass is 79.9. The summed E-state index contributed by atoms with van der Waals surface area (Å²) in [5.41, 5.74) is 3.89. The Balaban J connectivity index is 2.50. The van der Waals surface area contributed by atoms with E-state index in [1.807, 2.05) is 30.3 Å². The van der Waals surface area contributed by atoms with Crippen LogP contribution in [0.1, 0.15) is 17.2 Å². The van der Waals surface area contributed by atoms with Gasteiger partial charge in [-0.25, -0.2) is 9.82 Å². The lowest BCUT2D eigenvalue weighted by Gasteiger charge is -2.18. The SMILES string of the molecule is NNC(c1ccccc1)c1ccc(Br)c(Cl)c1F. The Morgan fingerprint density at radius 2 is 1.83 bits per heavy atom. The van der Waals surface area contributed by atoms with E-state index in [1.165, 1.54) is 0 Å². The number of nitrogens with one attached hydrogen (secondary N) is 1. The zero-order chi connectivity index (χ0) is 13.1. The number of benzene rings is 2. The lowest BCUT2D eigenvalue weighted by atomic mass is 9.99. The number of hydrogen-bond acceptors (Lipinski definition) is 2. The molecule has 18 heavy (non-hydrogen) atoms. The Morgan fingerprint density at radius 1 is 1.17 bits per heavy atom. The monoisotopic (exact) mass is 328 g/mol. The summed E-state index contributed by atoms with van der Waals surface area (Å²) in [7, 11) is 0. The quantitative estimate of drug-likeness (QED) is 0.511. The number of halogens is 3. The van der Waals surface area contributed by atoms with Crippen LogP contribution in [0.25, 0.3) is 0 Å². The van der Waals surface area contributed by atoms with Gasteiger partial charge in [0.05, 0.1) is 11.1 Å². The molecule has 94 valence electrons. The van der Waals surface area contributed by atoms with Gasteiger partial charge in [0.15, 0.2) is 0 Å². The van der Waals surface area contributed by atoms with Gasteiger partial charge in [-0.05, 0) is 27.6 Å². The summed E-state index contributed by atoms with van der Waals surface area (Å²) in [6.07, 6.45) is 0. The van der Waals surface area contributed by atoms with Crippen LogP contribution in [0, 0.1) is 5.82 Å². The van der Waals surface area contributed by atoms with Crippen LogP contribution in [0.5, 0.6) is 0 Å². The van der Waals surface area contributed by atoms with Gasteiger partial charge in [0, 0.05) is 10.0 Å². The summed E-state index contributed by atoms with van der Waals surface area (Å²) in [6, 6.07) is 12.3. The van der Waals surface area contributed by atoms with Crippen LogP contribution in [-0.2, 0) is 0 Å². The summed E-state index contributed by atoms with van der Waals surface area (Å²) in [4.78, 5) is 0. The second-order valence-corrected chi connectivity index (χ2v) is 5.01. The van der Waals surface area contributed by atoms with Crippen LogP contribution < -0.4 is 11.3 Å². The molecule has 0 aliphatic heterocycles. The van der Waals surface area contributed by atoms with Crippen LogP contribution in [0.3, 0.4) is 0 Å². The van der Waals surface area contributed by atoms with Crippen molar-refractivity contribution in [3.05, 3.63) is 68.9 Å². The maximum absolute atomic E-state index is 14.1. The molecule has 0 fully saturated rings. The van der Waals surface area contributed by atoms with Crippen LogP contribution in [-0.4, -0.2) is 0 Å². The fourth-order valence-corrected chi connectivity index (χ4v) is 2.25. The largest absolute Gasteiger partial charge is 0.271 e.